The molecule has 6 rings (SSSR count). The van der Waals surface area contributed by atoms with Gasteiger partial charge in [-0.3, -0.25) is 67.9 Å². The number of benzene rings is 2. The Bertz CT molecular complexity index is 4050. The molecule has 4 aromatic rings. The van der Waals surface area contributed by atoms with Crippen molar-refractivity contribution in [2.24, 2.45) is 34.5 Å². The second-order valence-corrected chi connectivity index (χ2v) is 38.1. The molecule has 622 valence electrons. The Morgan fingerprint density at radius 1 is 0.571 bits per heavy atom. The Hall–Kier alpha value is -7.66. The fourth-order valence-corrected chi connectivity index (χ4v) is 13.2. The van der Waals surface area contributed by atoms with Crippen LogP contribution in [0.2, 0.25) is 0 Å². The van der Waals surface area contributed by atoms with Crippen LogP contribution >= 0.6 is 34.8 Å². The number of nitrogens with zero attached hydrogens (tertiary/aromatic N) is 6. The van der Waals surface area contributed by atoms with Crippen LogP contribution in [0.5, 0.6) is 0 Å². The standard InChI is InChI=1S/C38H55N5O7.C23H32N2O3S.C21H34Cl3N3O6/c1-23(2)28(22-32(44)50-37(5,6)7)33(45)39-24(3)34(46)43-20-12-13-30(41-43)35(47)42(10)25(4)29-17-16-27-15-14-26(21-31(27)40-29)18-19-38(8,9)36(48)49-11;1-16(25(7)29(27)22(2,3)4)19-12-11-18-10-9-17(15-20(18)24-19)13-14-23(5,6)21(26)28-8;1-12(2)14(10-16(28)33-20(4,5)6)17(29)25-13(3)18(30)27-9-7-8-15(26-27)19(31)32-11-21(22,23)24/h14-19,21,23-25,28,30,41H,12-13,20,22H2,1-11H3,(H,39,45);9-16H,1-8H3;12-15,26H,7-11H2,1-6H3,(H,25,29)/b19-18+;14-13+;/t24-,25+,28-,30-;16-,29-;13-,14-,15-/m010/s1. The number of pyridine rings is 2. The average Bonchev–Trinajstić information content (AvgIpc) is 0.822. The van der Waals surface area contributed by atoms with E-state index in [0.29, 0.717) is 44.5 Å². The lowest BCUT2D eigenvalue weighted by Crippen LogP contribution is -2.61. The summed E-state index contributed by atoms with van der Waals surface area (Å²) in [6.45, 7) is 38.4. The number of hydrazine groups is 2. The minimum atomic E-state index is -1.73. The molecular weight excluding hydrogens is 1520 g/mol. The molecule has 5 amide bonds. The summed E-state index contributed by atoms with van der Waals surface area (Å²) in [6, 6.07) is 16.1. The van der Waals surface area contributed by atoms with Crippen molar-refractivity contribution in [3.05, 3.63) is 95.3 Å². The molecule has 4 N–H and O–H groups in total. The van der Waals surface area contributed by atoms with Crippen molar-refractivity contribution in [1.82, 2.24) is 50.7 Å². The number of carbonyl (C=O) groups is 10. The zero-order valence-corrected chi connectivity index (χ0v) is 73.1. The molecule has 26 nitrogen and oxygen atoms in total. The number of carbonyl (C=O) groups excluding carboxylic acids is 10. The van der Waals surface area contributed by atoms with Gasteiger partial charge in [-0.05, 0) is 191 Å². The molecular formula is C82H121Cl3N10O16S. The maximum absolute atomic E-state index is 13.7. The third kappa shape index (κ3) is 30.3. The monoisotopic (exact) mass is 1640 g/mol. The largest absolute Gasteiger partial charge is 0.468 e. The van der Waals surface area contributed by atoms with Crippen LogP contribution in [0, 0.1) is 34.5 Å². The molecule has 2 aromatic carbocycles. The summed E-state index contributed by atoms with van der Waals surface area (Å²) in [4.78, 5) is 138. The Morgan fingerprint density at radius 3 is 1.31 bits per heavy atom. The molecule has 0 aliphatic carbocycles. The first-order valence-electron chi connectivity index (χ1n) is 37.8. The topological polar surface area (TPSA) is 321 Å². The number of nitrogens with one attached hydrogen (secondary N) is 4. The molecule has 2 aliphatic rings. The number of aromatic nitrogens is 2. The molecule has 0 spiro atoms. The minimum absolute atomic E-state index is 0.0862. The van der Waals surface area contributed by atoms with Crippen LogP contribution in [0.1, 0.15) is 219 Å². The van der Waals surface area contributed by atoms with Crippen LogP contribution in [0.3, 0.4) is 0 Å². The third-order valence-corrected chi connectivity index (χ3v) is 20.8. The van der Waals surface area contributed by atoms with E-state index < -0.39 is 115 Å². The highest BCUT2D eigenvalue weighted by Crippen LogP contribution is 2.31. The maximum atomic E-state index is 13.7. The number of rotatable bonds is 26. The number of esters is 5. The molecule has 2 aromatic heterocycles. The van der Waals surface area contributed by atoms with Crippen LogP contribution in [-0.2, 0) is 82.6 Å². The van der Waals surface area contributed by atoms with Crippen molar-refractivity contribution < 1.29 is 75.8 Å². The van der Waals surface area contributed by atoms with Gasteiger partial charge < -0.3 is 39.2 Å². The Kier molecular flexibility index (Phi) is 35.9. The summed E-state index contributed by atoms with van der Waals surface area (Å²) < 4.78 is 38.0. The van der Waals surface area contributed by atoms with Gasteiger partial charge in [0.1, 0.15) is 53.0 Å². The van der Waals surface area contributed by atoms with Crippen LogP contribution in [-0.4, -0.2) is 185 Å². The number of likely N-dealkylation sites (N-methyl/N-ethyl adjacent to an activating group) is 1. The van der Waals surface area contributed by atoms with Crippen molar-refractivity contribution in [3.63, 3.8) is 0 Å². The number of halogens is 3. The molecule has 9 atom stereocenters. The second-order valence-electron chi connectivity index (χ2n) is 33.3. The summed E-state index contributed by atoms with van der Waals surface area (Å²) in [5, 5.41) is 10.1. The highest BCUT2D eigenvalue weighted by molar-refractivity contribution is 7.84. The lowest BCUT2D eigenvalue weighted by atomic mass is 9.91. The van der Waals surface area contributed by atoms with Gasteiger partial charge >= 0.3 is 29.8 Å². The quantitative estimate of drug-likeness (QED) is 0.0258. The van der Waals surface area contributed by atoms with Crippen molar-refractivity contribution >= 4 is 139 Å². The van der Waals surface area contributed by atoms with E-state index in [1.54, 1.807) is 80.3 Å². The SMILES string of the molecule is CC(C)[C@H](CC(=O)OC(C)(C)C)C(=O)N[C@@H](C)C(=O)N1CCC[C@@H](C(=O)OCC(Cl)(Cl)Cl)N1.COC(=O)C(C)(C)/C=C/c1ccc2ccc([C@@H](C)N(C)C(=O)[C@@H]3CCCN(C(=O)[C@H](C)NC(=O)[C@@H](CC(=O)OC(C)(C)C)C(C)C)N3)nc2c1.COC(=O)C(C)(C)/C=C/c1ccc2ccc([C@@H](C)N(C)[S@](=O)C(C)(C)C)nc2c1. The van der Waals surface area contributed by atoms with E-state index in [4.69, 9.17) is 68.5 Å². The highest BCUT2D eigenvalue weighted by Gasteiger charge is 2.39. The van der Waals surface area contributed by atoms with E-state index >= 15 is 0 Å². The van der Waals surface area contributed by atoms with E-state index in [1.807, 2.05) is 166 Å². The van der Waals surface area contributed by atoms with Gasteiger partial charge in [-0.2, -0.15) is 0 Å². The predicted molar refractivity (Wildman–Crippen MR) is 438 cm³/mol. The molecule has 2 fully saturated rings. The van der Waals surface area contributed by atoms with E-state index in [2.05, 4.69) is 21.5 Å². The lowest BCUT2D eigenvalue weighted by Gasteiger charge is -2.37. The van der Waals surface area contributed by atoms with Gasteiger partial charge in [0, 0.05) is 38.0 Å². The summed E-state index contributed by atoms with van der Waals surface area (Å²) >= 11 is 16.8. The molecule has 2 aliphatic heterocycles. The zero-order valence-electron chi connectivity index (χ0n) is 70.0. The minimum Gasteiger partial charge on any atom is -0.468 e. The van der Waals surface area contributed by atoms with Crippen molar-refractivity contribution in [1.29, 1.82) is 0 Å². The molecule has 0 bridgehead atoms. The van der Waals surface area contributed by atoms with Gasteiger partial charge in [0.25, 0.3) is 11.8 Å². The normalized spacial score (nSPS) is 17.2. The molecule has 4 heterocycles. The Labute approximate surface area is 679 Å². The second kappa shape index (κ2) is 41.6. The van der Waals surface area contributed by atoms with Crippen LogP contribution in [0.25, 0.3) is 34.0 Å². The first-order chi connectivity index (χ1) is 51.6. The number of alkyl halides is 3. The number of hydrogen-bond donors (Lipinski definition) is 4. The van der Waals surface area contributed by atoms with Crippen LogP contribution in [0.15, 0.2) is 72.8 Å². The Morgan fingerprint density at radius 2 is 0.946 bits per heavy atom. The third-order valence-electron chi connectivity index (χ3n) is 18.6. The van der Waals surface area contributed by atoms with Crippen LogP contribution in [0.4, 0.5) is 0 Å². The van der Waals surface area contributed by atoms with E-state index in [1.165, 1.54) is 31.2 Å². The van der Waals surface area contributed by atoms with Crippen molar-refractivity contribution in [2.45, 2.75) is 240 Å². The predicted octanol–water partition coefficient (Wildman–Crippen LogP) is 12.8. The average molecular weight is 1640 g/mol. The number of fused-ring (bicyclic) bond motifs is 2. The molecule has 0 saturated carbocycles. The molecule has 0 radical (unpaired) electrons. The zero-order chi connectivity index (χ0) is 85.1. The Balaban J connectivity index is 0.000000372. The summed E-state index contributed by atoms with van der Waals surface area (Å²) in [5.74, 6) is -5.65. The van der Waals surface area contributed by atoms with Crippen molar-refractivity contribution in [2.75, 3.05) is 48.0 Å². The summed E-state index contributed by atoms with van der Waals surface area (Å²) in [5.41, 5.74) is 8.11. The first kappa shape index (κ1) is 96.7. The van der Waals surface area contributed by atoms with Gasteiger partial charge in [0.05, 0.1) is 89.0 Å². The fourth-order valence-electron chi connectivity index (χ4n) is 11.8. The van der Waals surface area contributed by atoms with E-state index in [-0.39, 0.29) is 65.3 Å². The molecule has 2 saturated heterocycles. The van der Waals surface area contributed by atoms with Gasteiger partial charge in [-0.15, -0.1) is 0 Å². The number of hydrogen-bond acceptors (Lipinski definition) is 20. The van der Waals surface area contributed by atoms with Gasteiger partial charge in [-0.25, -0.2) is 19.4 Å². The first-order valence-corrected chi connectivity index (χ1v) is 40.1. The van der Waals surface area contributed by atoms with Gasteiger partial charge in [-0.1, -0.05) is 123 Å². The van der Waals surface area contributed by atoms with E-state index in [9.17, 15) is 52.2 Å². The summed E-state index contributed by atoms with van der Waals surface area (Å²) in [6.07, 6.45) is 9.34. The van der Waals surface area contributed by atoms with Crippen molar-refractivity contribution in [3.8, 4) is 0 Å². The lowest BCUT2D eigenvalue weighted by molar-refractivity contribution is -0.158. The molecule has 112 heavy (non-hydrogen) atoms. The highest BCUT2D eigenvalue weighted by atomic mass is 35.6. The summed E-state index contributed by atoms with van der Waals surface area (Å²) in [7, 11) is 5.21. The van der Waals surface area contributed by atoms with Crippen LogP contribution < -0.4 is 21.5 Å². The number of methoxy groups -OCH3 is 2. The maximum Gasteiger partial charge on any atom is 0.325 e. The van der Waals surface area contributed by atoms with Gasteiger partial charge in [0.15, 0.2) is 0 Å². The number of ether oxygens (including phenoxy) is 5. The molecule has 0 unspecified atom stereocenters. The fraction of sp³-hybridized carbons (Fsp3) is 0.610. The number of amides is 5. The smallest absolute Gasteiger partial charge is 0.325 e. The molecule has 30 heteroatoms. The van der Waals surface area contributed by atoms with Gasteiger partial charge in [0.2, 0.25) is 21.5 Å². The van der Waals surface area contributed by atoms with E-state index in [0.717, 1.165) is 38.6 Å².